The average molecular weight is 239 g/mol. The van der Waals surface area contributed by atoms with Crippen LogP contribution in [-0.2, 0) is 6.54 Å². The molecule has 0 aliphatic rings. The number of nitrogens with one attached hydrogen (secondary N) is 1. The maximum absolute atomic E-state index is 4.49. The molecule has 0 amide bonds. The number of anilines is 1. The van der Waals surface area contributed by atoms with Gasteiger partial charge in [-0.25, -0.2) is 4.98 Å². The van der Waals surface area contributed by atoms with E-state index in [1.165, 1.54) is 0 Å². The fourth-order valence-corrected chi connectivity index (χ4v) is 2.31. The maximum atomic E-state index is 4.49. The molecule has 0 fully saturated rings. The lowest BCUT2D eigenvalue weighted by molar-refractivity contribution is 0.736. The summed E-state index contributed by atoms with van der Waals surface area (Å²) in [7, 11) is 0. The first-order chi connectivity index (χ1) is 7.71. The van der Waals surface area contributed by atoms with E-state index in [1.807, 2.05) is 24.8 Å². The summed E-state index contributed by atoms with van der Waals surface area (Å²) in [5.41, 5.74) is 1.04. The highest BCUT2D eigenvalue weighted by molar-refractivity contribution is 7.98. The molecule has 0 aliphatic heterocycles. The summed E-state index contributed by atoms with van der Waals surface area (Å²) in [6.45, 7) is 8.78. The Morgan fingerprint density at radius 2 is 2.44 bits per heavy atom. The molecular weight excluding hydrogens is 218 g/mol. The van der Waals surface area contributed by atoms with Crippen LogP contribution in [0.1, 0.15) is 19.0 Å². The predicted octanol–water partition coefficient (Wildman–Crippen LogP) is 2.93. The second-order valence-corrected chi connectivity index (χ2v) is 4.76. The summed E-state index contributed by atoms with van der Waals surface area (Å²) in [6, 6.07) is 0.486. The Hall–Kier alpha value is -0.900. The van der Waals surface area contributed by atoms with Gasteiger partial charge in [0.1, 0.15) is 0 Å². The molecule has 0 aromatic carbocycles. The molecule has 0 radical (unpaired) electrons. The zero-order chi connectivity index (χ0) is 12.0. The van der Waals surface area contributed by atoms with Gasteiger partial charge in [-0.05, 0) is 19.6 Å². The molecule has 1 aromatic heterocycles. The summed E-state index contributed by atoms with van der Waals surface area (Å²) in [5.74, 6) is 2.06. The predicted molar refractivity (Wildman–Crippen MR) is 73.2 cm³/mol. The van der Waals surface area contributed by atoms with Gasteiger partial charge in [0.05, 0.1) is 5.69 Å². The zero-order valence-electron chi connectivity index (χ0n) is 10.4. The summed E-state index contributed by atoms with van der Waals surface area (Å²) in [4.78, 5) is 4.49. The molecule has 1 aromatic rings. The van der Waals surface area contributed by atoms with E-state index in [1.54, 1.807) is 0 Å². The van der Waals surface area contributed by atoms with E-state index in [4.69, 9.17) is 0 Å². The molecule has 3 nitrogen and oxygen atoms in total. The number of hydrogen-bond acceptors (Lipinski definition) is 3. The van der Waals surface area contributed by atoms with Crippen LogP contribution >= 0.6 is 11.8 Å². The minimum absolute atomic E-state index is 0.486. The van der Waals surface area contributed by atoms with Crippen LogP contribution in [0.3, 0.4) is 0 Å². The average Bonchev–Trinajstić information content (AvgIpc) is 2.59. The Kier molecular flexibility index (Phi) is 5.46. The second kappa shape index (κ2) is 6.63. The third kappa shape index (κ3) is 3.59. The number of allylic oxidation sites excluding steroid dienone is 1. The number of rotatable bonds is 7. The molecule has 0 aliphatic carbocycles. The molecule has 16 heavy (non-hydrogen) atoms. The monoisotopic (exact) mass is 239 g/mol. The van der Waals surface area contributed by atoms with Gasteiger partial charge in [-0.2, -0.15) is 11.8 Å². The normalized spacial score (nSPS) is 12.4. The minimum atomic E-state index is 0.486. The fraction of sp³-hybridized carbons (Fsp3) is 0.583. The van der Waals surface area contributed by atoms with E-state index < -0.39 is 0 Å². The summed E-state index contributed by atoms with van der Waals surface area (Å²) < 4.78 is 2.10. The molecular formula is C12H21N3S. The van der Waals surface area contributed by atoms with Crippen molar-refractivity contribution < 1.29 is 0 Å². The number of aryl methyl sites for hydroxylation is 1. The summed E-state index contributed by atoms with van der Waals surface area (Å²) in [6.07, 6.45) is 7.18. The highest BCUT2D eigenvalue weighted by Crippen LogP contribution is 2.13. The van der Waals surface area contributed by atoms with Crippen molar-refractivity contribution in [2.24, 2.45) is 0 Å². The van der Waals surface area contributed by atoms with Gasteiger partial charge in [0.25, 0.3) is 0 Å². The molecule has 0 bridgehead atoms. The lowest BCUT2D eigenvalue weighted by Crippen LogP contribution is -2.23. The van der Waals surface area contributed by atoms with E-state index in [0.717, 1.165) is 30.4 Å². The Balaban J connectivity index is 2.73. The molecule has 1 rings (SSSR count). The number of thioether (sulfide) groups is 1. The third-order valence-electron chi connectivity index (χ3n) is 2.42. The largest absolute Gasteiger partial charge is 0.352 e. The molecule has 0 spiro atoms. The smallest absolute Gasteiger partial charge is 0.203 e. The molecule has 4 heteroatoms. The number of nitrogens with zero attached hydrogens (tertiary/aromatic N) is 2. The lowest BCUT2D eigenvalue weighted by atomic mass is 10.3. The van der Waals surface area contributed by atoms with Crippen LogP contribution in [0, 0.1) is 6.92 Å². The molecule has 1 unspecified atom stereocenters. The SMILES string of the molecule is C=CCn1cc(C)nc1NC(CC)CSC. The first-order valence-electron chi connectivity index (χ1n) is 5.61. The molecule has 1 atom stereocenters. The van der Waals surface area contributed by atoms with Gasteiger partial charge in [0, 0.05) is 24.5 Å². The van der Waals surface area contributed by atoms with Crippen LogP contribution in [0.25, 0.3) is 0 Å². The number of hydrogen-bond donors (Lipinski definition) is 1. The zero-order valence-corrected chi connectivity index (χ0v) is 11.2. The maximum Gasteiger partial charge on any atom is 0.203 e. The second-order valence-electron chi connectivity index (χ2n) is 3.85. The Labute approximate surface area is 102 Å². The topological polar surface area (TPSA) is 29.9 Å². The van der Waals surface area contributed by atoms with Crippen LogP contribution in [-0.4, -0.2) is 27.6 Å². The van der Waals surface area contributed by atoms with Gasteiger partial charge in [0.2, 0.25) is 5.95 Å². The van der Waals surface area contributed by atoms with Gasteiger partial charge >= 0.3 is 0 Å². The first kappa shape index (κ1) is 13.2. The molecule has 1 heterocycles. The van der Waals surface area contributed by atoms with Crippen LogP contribution in [0.5, 0.6) is 0 Å². The van der Waals surface area contributed by atoms with Gasteiger partial charge < -0.3 is 9.88 Å². The highest BCUT2D eigenvalue weighted by atomic mass is 32.2. The minimum Gasteiger partial charge on any atom is -0.352 e. The molecule has 1 N–H and O–H groups in total. The first-order valence-corrected chi connectivity index (χ1v) is 7.00. The van der Waals surface area contributed by atoms with Crippen molar-refractivity contribution in [2.45, 2.75) is 32.9 Å². The van der Waals surface area contributed by atoms with Crippen molar-refractivity contribution in [3.8, 4) is 0 Å². The van der Waals surface area contributed by atoms with E-state index in [-0.39, 0.29) is 0 Å². The fourth-order valence-electron chi connectivity index (χ4n) is 1.59. The summed E-state index contributed by atoms with van der Waals surface area (Å²) in [5, 5.41) is 3.49. The standard InChI is InChI=1S/C12H21N3S/c1-5-7-15-8-10(3)13-12(15)14-11(6-2)9-16-4/h5,8,11H,1,6-7,9H2,2-4H3,(H,13,14). The lowest BCUT2D eigenvalue weighted by Gasteiger charge is -2.17. The van der Waals surface area contributed by atoms with E-state index in [0.29, 0.717) is 6.04 Å². The van der Waals surface area contributed by atoms with E-state index >= 15 is 0 Å². The van der Waals surface area contributed by atoms with Crippen molar-refractivity contribution in [2.75, 3.05) is 17.3 Å². The molecule has 90 valence electrons. The Bertz CT molecular complexity index is 333. The van der Waals surface area contributed by atoms with E-state index in [2.05, 4.69) is 40.8 Å². The van der Waals surface area contributed by atoms with Crippen molar-refractivity contribution in [3.63, 3.8) is 0 Å². The Morgan fingerprint density at radius 1 is 1.69 bits per heavy atom. The van der Waals surface area contributed by atoms with Crippen LogP contribution in [0.4, 0.5) is 5.95 Å². The van der Waals surface area contributed by atoms with Crippen LogP contribution in [0.2, 0.25) is 0 Å². The van der Waals surface area contributed by atoms with Crippen molar-refractivity contribution in [1.82, 2.24) is 9.55 Å². The van der Waals surface area contributed by atoms with Crippen LogP contribution in [0.15, 0.2) is 18.9 Å². The van der Waals surface area contributed by atoms with Gasteiger partial charge in [-0.15, -0.1) is 6.58 Å². The quantitative estimate of drug-likeness (QED) is 0.742. The molecule has 0 saturated heterocycles. The summed E-state index contributed by atoms with van der Waals surface area (Å²) >= 11 is 1.86. The van der Waals surface area contributed by atoms with Crippen molar-refractivity contribution in [3.05, 3.63) is 24.5 Å². The van der Waals surface area contributed by atoms with Crippen molar-refractivity contribution >= 4 is 17.7 Å². The van der Waals surface area contributed by atoms with Gasteiger partial charge in [0.15, 0.2) is 0 Å². The number of aromatic nitrogens is 2. The number of imidazole rings is 1. The molecule has 0 saturated carbocycles. The van der Waals surface area contributed by atoms with Gasteiger partial charge in [-0.1, -0.05) is 13.0 Å². The van der Waals surface area contributed by atoms with Crippen LogP contribution < -0.4 is 5.32 Å². The van der Waals surface area contributed by atoms with E-state index in [9.17, 15) is 0 Å². The Morgan fingerprint density at radius 3 is 3.00 bits per heavy atom. The third-order valence-corrected chi connectivity index (χ3v) is 3.15. The van der Waals surface area contributed by atoms with Crippen molar-refractivity contribution in [1.29, 1.82) is 0 Å². The highest BCUT2D eigenvalue weighted by Gasteiger charge is 2.10. The van der Waals surface area contributed by atoms with Gasteiger partial charge in [-0.3, -0.25) is 0 Å².